The SMILES string of the molecule is Cc1cc(=O)[nH]c(Sc2ccc([C@H](C)O)cc2F)n1. The van der Waals surface area contributed by atoms with Gasteiger partial charge < -0.3 is 10.1 Å². The van der Waals surface area contributed by atoms with Crippen molar-refractivity contribution in [1.82, 2.24) is 9.97 Å². The molecule has 6 heteroatoms. The Morgan fingerprint density at radius 2 is 2.16 bits per heavy atom. The average Bonchev–Trinajstić information content (AvgIpc) is 2.30. The number of rotatable bonds is 3. The molecule has 0 amide bonds. The summed E-state index contributed by atoms with van der Waals surface area (Å²) in [6, 6.07) is 5.85. The Hall–Kier alpha value is -1.66. The molecule has 2 aromatic rings. The maximum absolute atomic E-state index is 13.8. The summed E-state index contributed by atoms with van der Waals surface area (Å²) in [4.78, 5) is 18.3. The normalized spacial score (nSPS) is 12.4. The smallest absolute Gasteiger partial charge is 0.251 e. The topological polar surface area (TPSA) is 66.0 Å². The van der Waals surface area contributed by atoms with Crippen LogP contribution >= 0.6 is 11.8 Å². The van der Waals surface area contributed by atoms with E-state index < -0.39 is 11.9 Å². The molecule has 0 saturated carbocycles. The standard InChI is InChI=1S/C13H13FN2O2S/c1-7-5-12(18)16-13(15-7)19-11-4-3-9(8(2)17)6-10(11)14/h3-6,8,17H,1-2H3,(H,15,16,18)/t8-/m0/s1. The molecule has 2 N–H and O–H groups in total. The van der Waals surface area contributed by atoms with E-state index in [1.165, 1.54) is 12.1 Å². The van der Waals surface area contributed by atoms with Crippen LogP contribution in [0, 0.1) is 12.7 Å². The van der Waals surface area contributed by atoms with E-state index in [4.69, 9.17) is 0 Å². The molecule has 1 heterocycles. The second kappa shape index (κ2) is 5.54. The van der Waals surface area contributed by atoms with Crippen LogP contribution in [-0.2, 0) is 0 Å². The van der Waals surface area contributed by atoms with Crippen molar-refractivity contribution in [2.75, 3.05) is 0 Å². The van der Waals surface area contributed by atoms with Gasteiger partial charge in [0.1, 0.15) is 5.82 Å². The Labute approximate surface area is 113 Å². The minimum atomic E-state index is -0.717. The first-order valence-electron chi connectivity index (χ1n) is 5.69. The molecular weight excluding hydrogens is 267 g/mol. The Morgan fingerprint density at radius 1 is 1.42 bits per heavy atom. The van der Waals surface area contributed by atoms with E-state index in [9.17, 15) is 14.3 Å². The highest BCUT2D eigenvalue weighted by molar-refractivity contribution is 7.99. The van der Waals surface area contributed by atoms with Crippen molar-refractivity contribution in [1.29, 1.82) is 0 Å². The molecule has 0 fully saturated rings. The van der Waals surface area contributed by atoms with E-state index >= 15 is 0 Å². The first-order chi connectivity index (χ1) is 8.95. The fourth-order valence-electron chi connectivity index (χ4n) is 1.56. The molecule has 0 aliphatic heterocycles. The Balaban J connectivity index is 2.30. The number of H-pyrrole nitrogens is 1. The first-order valence-corrected chi connectivity index (χ1v) is 6.50. The van der Waals surface area contributed by atoms with Crippen molar-refractivity contribution in [3.8, 4) is 0 Å². The summed E-state index contributed by atoms with van der Waals surface area (Å²) in [5.74, 6) is -0.451. The Kier molecular flexibility index (Phi) is 4.01. The third-order valence-corrected chi connectivity index (χ3v) is 3.43. The number of aliphatic hydroxyl groups excluding tert-OH is 1. The lowest BCUT2D eigenvalue weighted by Crippen LogP contribution is -2.08. The molecule has 1 atom stereocenters. The van der Waals surface area contributed by atoms with Crippen LogP contribution in [0.5, 0.6) is 0 Å². The molecule has 0 radical (unpaired) electrons. The predicted molar refractivity (Wildman–Crippen MR) is 70.8 cm³/mol. The number of aromatic amines is 1. The lowest BCUT2D eigenvalue weighted by atomic mass is 10.1. The van der Waals surface area contributed by atoms with Crippen molar-refractivity contribution in [2.24, 2.45) is 0 Å². The summed E-state index contributed by atoms with van der Waals surface area (Å²) in [7, 11) is 0. The number of aromatic nitrogens is 2. The van der Waals surface area contributed by atoms with Gasteiger partial charge in [0.15, 0.2) is 5.16 Å². The van der Waals surface area contributed by atoms with Crippen LogP contribution in [0.3, 0.4) is 0 Å². The summed E-state index contributed by atoms with van der Waals surface area (Å²) < 4.78 is 13.8. The first kappa shape index (κ1) is 13.8. The molecular formula is C13H13FN2O2S. The van der Waals surface area contributed by atoms with Crippen molar-refractivity contribution in [3.05, 3.63) is 51.7 Å². The molecule has 0 unspecified atom stereocenters. The quantitative estimate of drug-likeness (QED) is 0.847. The van der Waals surface area contributed by atoms with Gasteiger partial charge in [-0.05, 0) is 43.3 Å². The maximum Gasteiger partial charge on any atom is 0.251 e. The largest absolute Gasteiger partial charge is 0.389 e. The van der Waals surface area contributed by atoms with E-state index in [1.54, 1.807) is 26.0 Å². The molecule has 0 aliphatic carbocycles. The third kappa shape index (κ3) is 3.42. The monoisotopic (exact) mass is 280 g/mol. The molecule has 0 aliphatic rings. The van der Waals surface area contributed by atoms with Gasteiger partial charge in [-0.2, -0.15) is 0 Å². The highest BCUT2D eigenvalue weighted by atomic mass is 32.2. The number of hydrogen-bond acceptors (Lipinski definition) is 4. The molecule has 0 spiro atoms. The summed E-state index contributed by atoms with van der Waals surface area (Å²) in [6.45, 7) is 3.27. The molecule has 4 nitrogen and oxygen atoms in total. The van der Waals surface area contributed by atoms with Crippen LogP contribution in [0.1, 0.15) is 24.3 Å². The van der Waals surface area contributed by atoms with E-state index in [1.807, 2.05) is 0 Å². The van der Waals surface area contributed by atoms with E-state index in [0.717, 1.165) is 11.8 Å². The number of halogens is 1. The lowest BCUT2D eigenvalue weighted by molar-refractivity contribution is 0.198. The summed E-state index contributed by atoms with van der Waals surface area (Å²) >= 11 is 1.04. The zero-order valence-corrected chi connectivity index (χ0v) is 11.3. The van der Waals surface area contributed by atoms with Gasteiger partial charge >= 0.3 is 0 Å². The van der Waals surface area contributed by atoms with Gasteiger partial charge in [-0.25, -0.2) is 9.37 Å². The van der Waals surface area contributed by atoms with Gasteiger partial charge in [0, 0.05) is 11.8 Å². The minimum absolute atomic E-state index is 0.268. The fraction of sp³-hybridized carbons (Fsp3) is 0.231. The number of aliphatic hydroxyl groups is 1. The lowest BCUT2D eigenvalue weighted by Gasteiger charge is -2.07. The summed E-state index contributed by atoms with van der Waals surface area (Å²) in [6.07, 6.45) is -0.717. The van der Waals surface area contributed by atoms with Crippen LogP contribution in [0.4, 0.5) is 4.39 Å². The summed E-state index contributed by atoms with van der Waals surface area (Å²) in [5, 5.41) is 9.71. The van der Waals surface area contributed by atoms with Gasteiger partial charge in [0.2, 0.25) is 0 Å². The van der Waals surface area contributed by atoms with Crippen LogP contribution in [0.25, 0.3) is 0 Å². The van der Waals surface area contributed by atoms with Crippen molar-refractivity contribution in [2.45, 2.75) is 30.0 Å². The van der Waals surface area contributed by atoms with Gasteiger partial charge in [-0.1, -0.05) is 6.07 Å². The van der Waals surface area contributed by atoms with Crippen molar-refractivity contribution in [3.63, 3.8) is 0 Å². The molecule has 0 bridgehead atoms. The molecule has 0 saturated heterocycles. The third-order valence-electron chi connectivity index (χ3n) is 2.49. The highest BCUT2D eigenvalue weighted by Crippen LogP contribution is 2.28. The van der Waals surface area contributed by atoms with E-state index in [-0.39, 0.29) is 5.56 Å². The van der Waals surface area contributed by atoms with Crippen LogP contribution in [0.15, 0.2) is 39.1 Å². The molecule has 2 rings (SSSR count). The predicted octanol–water partition coefficient (Wildman–Crippen LogP) is 2.42. The second-order valence-electron chi connectivity index (χ2n) is 4.16. The Morgan fingerprint density at radius 3 is 2.74 bits per heavy atom. The second-order valence-corrected chi connectivity index (χ2v) is 5.19. The number of nitrogens with zero attached hydrogens (tertiary/aromatic N) is 1. The van der Waals surface area contributed by atoms with Crippen molar-refractivity contribution >= 4 is 11.8 Å². The number of hydrogen-bond donors (Lipinski definition) is 2. The van der Waals surface area contributed by atoms with Crippen LogP contribution in [0.2, 0.25) is 0 Å². The van der Waals surface area contributed by atoms with E-state index in [2.05, 4.69) is 9.97 Å². The molecule has 1 aromatic heterocycles. The van der Waals surface area contributed by atoms with Gasteiger partial charge in [-0.3, -0.25) is 4.79 Å². The van der Waals surface area contributed by atoms with Crippen LogP contribution in [-0.4, -0.2) is 15.1 Å². The van der Waals surface area contributed by atoms with Gasteiger partial charge in [0.25, 0.3) is 5.56 Å². The molecule has 19 heavy (non-hydrogen) atoms. The summed E-state index contributed by atoms with van der Waals surface area (Å²) in [5.41, 5.74) is 0.816. The highest BCUT2D eigenvalue weighted by Gasteiger charge is 2.09. The Bertz CT molecular complexity index is 655. The van der Waals surface area contributed by atoms with Gasteiger partial charge in [-0.15, -0.1) is 0 Å². The average molecular weight is 280 g/mol. The maximum atomic E-state index is 13.8. The zero-order chi connectivity index (χ0) is 14.0. The number of benzene rings is 1. The number of nitrogens with one attached hydrogen (secondary N) is 1. The van der Waals surface area contributed by atoms with Crippen molar-refractivity contribution < 1.29 is 9.50 Å². The van der Waals surface area contributed by atoms with Gasteiger partial charge in [0.05, 0.1) is 11.0 Å². The molecule has 100 valence electrons. The van der Waals surface area contributed by atoms with E-state index in [0.29, 0.717) is 21.3 Å². The fourth-order valence-corrected chi connectivity index (χ4v) is 2.41. The van der Waals surface area contributed by atoms with Crippen LogP contribution < -0.4 is 5.56 Å². The molecule has 1 aromatic carbocycles. The minimum Gasteiger partial charge on any atom is -0.389 e. The number of aryl methyl sites for hydroxylation is 1. The zero-order valence-electron chi connectivity index (χ0n) is 10.5.